The maximum absolute atomic E-state index is 10.3. The summed E-state index contributed by atoms with van der Waals surface area (Å²) in [5, 5.41) is 10.3. The molecule has 0 aliphatic heterocycles. The normalized spacial score (nSPS) is 15.7. The fourth-order valence-electron chi connectivity index (χ4n) is 1.10. The van der Waals surface area contributed by atoms with Crippen molar-refractivity contribution >= 4 is 0 Å². The van der Waals surface area contributed by atoms with E-state index in [0.717, 1.165) is 0 Å². The van der Waals surface area contributed by atoms with E-state index in [9.17, 15) is 5.11 Å². The zero-order valence-electron chi connectivity index (χ0n) is 10.7. The van der Waals surface area contributed by atoms with Crippen LogP contribution in [0.5, 0.6) is 0 Å². The van der Waals surface area contributed by atoms with Crippen molar-refractivity contribution < 1.29 is 5.11 Å². The average molecular weight is 212 g/mol. The fourth-order valence-corrected chi connectivity index (χ4v) is 1.10. The monoisotopic (exact) mass is 212 g/mol. The van der Waals surface area contributed by atoms with Gasteiger partial charge in [-0.2, -0.15) is 0 Å². The van der Waals surface area contributed by atoms with Gasteiger partial charge in [0.25, 0.3) is 0 Å². The summed E-state index contributed by atoms with van der Waals surface area (Å²) < 4.78 is 0. The molecule has 0 aliphatic rings. The first-order valence-electron chi connectivity index (χ1n) is 5.28. The smallest absolute Gasteiger partial charge is 0.130 e. The lowest BCUT2D eigenvalue weighted by molar-refractivity contribution is -0.00776. The highest BCUT2D eigenvalue weighted by Gasteiger charge is 2.36. The second kappa shape index (κ2) is 5.03. The Hall–Kier alpha value is -0.480. The third-order valence-corrected chi connectivity index (χ3v) is 2.40. The first kappa shape index (κ1) is 16.9. The maximum atomic E-state index is 10.3. The van der Waals surface area contributed by atoms with Gasteiger partial charge in [0, 0.05) is 10.8 Å². The topological polar surface area (TPSA) is 20.2 Å². The van der Waals surface area contributed by atoms with Crippen LogP contribution in [0, 0.1) is 22.7 Å². The molecule has 0 radical (unpaired) electrons. The minimum absolute atomic E-state index is 0. The number of rotatable bonds is 1. The summed E-state index contributed by atoms with van der Waals surface area (Å²) in [4.78, 5) is 0. The molecule has 1 N–H and O–H groups in total. The Kier molecular flexibility index (Phi) is 5.68. The Bertz CT molecular complexity index is 241. The highest BCUT2D eigenvalue weighted by Crippen LogP contribution is 2.32. The van der Waals surface area contributed by atoms with Crippen molar-refractivity contribution in [3.8, 4) is 11.8 Å². The first-order valence-corrected chi connectivity index (χ1v) is 5.28. The molecule has 0 aromatic rings. The Balaban J connectivity index is 0. The van der Waals surface area contributed by atoms with E-state index in [1.807, 2.05) is 27.7 Å². The van der Waals surface area contributed by atoms with Crippen LogP contribution in [-0.4, -0.2) is 10.7 Å². The summed E-state index contributed by atoms with van der Waals surface area (Å²) in [5.74, 6) is 6.15. The van der Waals surface area contributed by atoms with Crippen LogP contribution < -0.4 is 0 Å². The Morgan fingerprint density at radius 3 is 1.53 bits per heavy atom. The third kappa shape index (κ3) is 5.23. The van der Waals surface area contributed by atoms with Gasteiger partial charge in [-0.1, -0.05) is 47.0 Å². The van der Waals surface area contributed by atoms with E-state index in [2.05, 4.69) is 32.6 Å². The van der Waals surface area contributed by atoms with Gasteiger partial charge in [-0.25, -0.2) is 0 Å². The molecule has 0 aromatic heterocycles. The molecule has 0 heterocycles. The number of aliphatic hydroxyl groups is 1. The van der Waals surface area contributed by atoms with E-state index in [0.29, 0.717) is 6.42 Å². The van der Waals surface area contributed by atoms with Crippen molar-refractivity contribution in [1.82, 2.24) is 0 Å². The van der Waals surface area contributed by atoms with E-state index in [1.165, 1.54) is 0 Å². The minimum Gasteiger partial charge on any atom is -0.377 e. The quantitative estimate of drug-likeness (QED) is 0.654. The lowest BCUT2D eigenvalue weighted by atomic mass is 9.74. The summed E-state index contributed by atoms with van der Waals surface area (Å²) in [6.45, 7) is 14.2. The predicted molar refractivity (Wildman–Crippen MR) is 68.7 cm³/mol. The molecule has 0 aromatic carbocycles. The lowest BCUT2D eigenvalue weighted by Crippen LogP contribution is -2.41. The largest absolute Gasteiger partial charge is 0.377 e. The van der Waals surface area contributed by atoms with Crippen molar-refractivity contribution in [1.29, 1.82) is 0 Å². The van der Waals surface area contributed by atoms with Crippen LogP contribution in [0.4, 0.5) is 0 Å². The van der Waals surface area contributed by atoms with E-state index in [-0.39, 0.29) is 18.3 Å². The Morgan fingerprint density at radius 1 is 0.933 bits per heavy atom. The molecule has 0 bridgehead atoms. The minimum atomic E-state index is -0.875. The zero-order valence-corrected chi connectivity index (χ0v) is 10.7. The summed E-state index contributed by atoms with van der Waals surface area (Å²) in [6.07, 6.45) is 0.666. The molecule has 1 heteroatoms. The molecule has 1 atom stereocenters. The molecular weight excluding hydrogens is 184 g/mol. The van der Waals surface area contributed by atoms with E-state index < -0.39 is 5.60 Å². The molecule has 15 heavy (non-hydrogen) atoms. The highest BCUT2D eigenvalue weighted by molar-refractivity contribution is 5.20. The van der Waals surface area contributed by atoms with Crippen LogP contribution in [0.2, 0.25) is 0 Å². The first-order chi connectivity index (χ1) is 6.02. The van der Waals surface area contributed by atoms with Gasteiger partial charge in [-0.3, -0.25) is 0 Å². The molecule has 90 valence electrons. The Labute approximate surface area is 96.3 Å². The van der Waals surface area contributed by atoms with Crippen molar-refractivity contribution in [3.05, 3.63) is 0 Å². The second-order valence-electron chi connectivity index (χ2n) is 5.96. The van der Waals surface area contributed by atoms with Gasteiger partial charge in [0.1, 0.15) is 5.60 Å². The van der Waals surface area contributed by atoms with Gasteiger partial charge >= 0.3 is 0 Å². The lowest BCUT2D eigenvalue weighted by Gasteiger charge is -2.35. The summed E-state index contributed by atoms with van der Waals surface area (Å²) in [6, 6.07) is 0. The second-order valence-corrected chi connectivity index (χ2v) is 5.96. The standard InChI is InChI=1S/C13H24O.CH4/c1-8-13(14,12(5,6)7)10-9-11(2,3)4;/h14H,8H2,1-7H3;1H4. The summed E-state index contributed by atoms with van der Waals surface area (Å²) >= 11 is 0. The fraction of sp³-hybridized carbons (Fsp3) is 0.857. The van der Waals surface area contributed by atoms with Crippen LogP contribution >= 0.6 is 0 Å². The van der Waals surface area contributed by atoms with Gasteiger partial charge in [-0.05, 0) is 27.2 Å². The molecule has 0 fully saturated rings. The van der Waals surface area contributed by atoms with E-state index in [1.54, 1.807) is 0 Å². The molecule has 1 nitrogen and oxygen atoms in total. The van der Waals surface area contributed by atoms with Gasteiger partial charge in [-0.15, -0.1) is 0 Å². The zero-order chi connectivity index (χ0) is 11.6. The van der Waals surface area contributed by atoms with Crippen molar-refractivity contribution in [3.63, 3.8) is 0 Å². The molecule has 0 saturated carbocycles. The Morgan fingerprint density at radius 2 is 1.33 bits per heavy atom. The van der Waals surface area contributed by atoms with Gasteiger partial charge in [0.05, 0.1) is 0 Å². The van der Waals surface area contributed by atoms with Gasteiger partial charge in [0.2, 0.25) is 0 Å². The summed E-state index contributed by atoms with van der Waals surface area (Å²) in [5.41, 5.74) is -1.12. The van der Waals surface area contributed by atoms with Crippen LogP contribution in [0.15, 0.2) is 0 Å². The molecule has 0 aliphatic carbocycles. The highest BCUT2D eigenvalue weighted by atomic mass is 16.3. The molecule has 0 amide bonds. The van der Waals surface area contributed by atoms with Crippen LogP contribution in [0.25, 0.3) is 0 Å². The molecule has 1 unspecified atom stereocenters. The van der Waals surface area contributed by atoms with Crippen LogP contribution in [0.3, 0.4) is 0 Å². The van der Waals surface area contributed by atoms with Crippen LogP contribution in [0.1, 0.15) is 62.3 Å². The van der Waals surface area contributed by atoms with Crippen molar-refractivity contribution in [2.24, 2.45) is 10.8 Å². The van der Waals surface area contributed by atoms with Gasteiger partial charge in [0.15, 0.2) is 0 Å². The van der Waals surface area contributed by atoms with E-state index in [4.69, 9.17) is 0 Å². The molecule has 0 saturated heterocycles. The van der Waals surface area contributed by atoms with Crippen molar-refractivity contribution in [2.45, 2.75) is 67.9 Å². The van der Waals surface area contributed by atoms with Crippen LogP contribution in [-0.2, 0) is 0 Å². The number of hydrogen-bond acceptors (Lipinski definition) is 1. The van der Waals surface area contributed by atoms with Crippen molar-refractivity contribution in [2.75, 3.05) is 0 Å². The SMILES string of the molecule is C.CCC(O)(C#CC(C)(C)C)C(C)(C)C. The number of hydrogen-bond donors (Lipinski definition) is 1. The predicted octanol–water partition coefficient (Wildman–Crippen LogP) is 3.86. The maximum Gasteiger partial charge on any atom is 0.130 e. The summed E-state index contributed by atoms with van der Waals surface area (Å²) in [7, 11) is 0. The average Bonchev–Trinajstić information content (AvgIpc) is 1.96. The third-order valence-electron chi connectivity index (χ3n) is 2.40. The molecule has 0 rings (SSSR count). The van der Waals surface area contributed by atoms with E-state index >= 15 is 0 Å². The molecular formula is C14H28O. The molecule has 0 spiro atoms. The van der Waals surface area contributed by atoms with Gasteiger partial charge < -0.3 is 5.11 Å².